The maximum Gasteiger partial charge on any atom is 0.253 e. The van der Waals surface area contributed by atoms with E-state index in [1.165, 1.54) is 0 Å². The van der Waals surface area contributed by atoms with Crippen molar-refractivity contribution >= 4 is 34.6 Å². The SMILES string of the molecule is Cc1nn(CC(=O)N(CCNC(=O)c2cccc3nsnc23)Cc2ccccc2)c(C)c1C. The van der Waals surface area contributed by atoms with Gasteiger partial charge in [0.05, 0.1) is 23.0 Å². The van der Waals surface area contributed by atoms with Crippen LogP contribution in [0.1, 0.15) is 32.9 Å². The summed E-state index contributed by atoms with van der Waals surface area (Å²) in [6.45, 7) is 7.24. The summed E-state index contributed by atoms with van der Waals surface area (Å²) >= 11 is 1.08. The molecule has 0 aliphatic carbocycles. The van der Waals surface area contributed by atoms with Gasteiger partial charge < -0.3 is 10.2 Å². The second-order valence-corrected chi connectivity index (χ2v) is 8.48. The summed E-state index contributed by atoms with van der Waals surface area (Å²) in [5.74, 6) is -0.279. The predicted molar refractivity (Wildman–Crippen MR) is 128 cm³/mol. The maximum absolute atomic E-state index is 13.2. The number of hydrogen-bond donors (Lipinski definition) is 1. The van der Waals surface area contributed by atoms with E-state index < -0.39 is 0 Å². The van der Waals surface area contributed by atoms with Crippen LogP contribution in [0.2, 0.25) is 0 Å². The molecule has 4 rings (SSSR count). The van der Waals surface area contributed by atoms with Gasteiger partial charge in [-0.3, -0.25) is 14.3 Å². The summed E-state index contributed by atoms with van der Waals surface area (Å²) in [5.41, 5.74) is 5.81. The molecule has 2 aromatic carbocycles. The average molecular weight is 463 g/mol. The first-order valence-electron chi connectivity index (χ1n) is 10.8. The first-order chi connectivity index (χ1) is 15.9. The Morgan fingerprint density at radius 3 is 2.55 bits per heavy atom. The molecular formula is C24H26N6O2S. The van der Waals surface area contributed by atoms with Gasteiger partial charge in [-0.2, -0.15) is 13.8 Å². The number of benzene rings is 2. The Balaban J connectivity index is 1.45. The van der Waals surface area contributed by atoms with Gasteiger partial charge in [0.15, 0.2) is 0 Å². The zero-order valence-corrected chi connectivity index (χ0v) is 19.7. The molecule has 0 aliphatic heterocycles. The van der Waals surface area contributed by atoms with Crippen molar-refractivity contribution in [2.24, 2.45) is 0 Å². The van der Waals surface area contributed by atoms with E-state index in [1.54, 1.807) is 21.7 Å². The molecule has 0 spiro atoms. The largest absolute Gasteiger partial charge is 0.350 e. The van der Waals surface area contributed by atoms with E-state index in [-0.39, 0.29) is 18.4 Å². The highest BCUT2D eigenvalue weighted by Gasteiger charge is 2.18. The summed E-state index contributed by atoms with van der Waals surface area (Å²) in [6.07, 6.45) is 0. The molecule has 4 aromatic rings. The summed E-state index contributed by atoms with van der Waals surface area (Å²) in [5, 5.41) is 7.42. The van der Waals surface area contributed by atoms with Crippen LogP contribution in [0, 0.1) is 20.8 Å². The first kappa shape index (κ1) is 22.6. The Bertz CT molecular complexity index is 1280. The van der Waals surface area contributed by atoms with Gasteiger partial charge in [0.2, 0.25) is 5.91 Å². The number of nitrogens with one attached hydrogen (secondary N) is 1. The Morgan fingerprint density at radius 1 is 1.03 bits per heavy atom. The minimum Gasteiger partial charge on any atom is -0.350 e. The highest BCUT2D eigenvalue weighted by atomic mass is 32.1. The summed E-state index contributed by atoms with van der Waals surface area (Å²) in [4.78, 5) is 27.7. The normalized spacial score (nSPS) is 11.0. The average Bonchev–Trinajstić information content (AvgIpc) is 3.39. The number of carbonyl (C=O) groups excluding carboxylic acids is 2. The molecule has 0 saturated carbocycles. The van der Waals surface area contributed by atoms with Crippen LogP contribution in [0.4, 0.5) is 0 Å². The molecule has 0 radical (unpaired) electrons. The molecule has 1 N–H and O–H groups in total. The molecule has 0 aliphatic rings. The van der Waals surface area contributed by atoms with E-state index in [0.29, 0.717) is 36.2 Å². The van der Waals surface area contributed by atoms with E-state index in [1.807, 2.05) is 57.2 Å². The topological polar surface area (TPSA) is 93.0 Å². The molecule has 0 unspecified atom stereocenters. The fourth-order valence-corrected chi connectivity index (χ4v) is 4.20. The third kappa shape index (κ3) is 5.09. The van der Waals surface area contributed by atoms with Crippen molar-refractivity contribution in [1.29, 1.82) is 0 Å². The molecular weight excluding hydrogens is 436 g/mol. The van der Waals surface area contributed by atoms with Crippen molar-refractivity contribution in [3.63, 3.8) is 0 Å². The predicted octanol–water partition coefficient (Wildman–Crippen LogP) is 3.27. The lowest BCUT2D eigenvalue weighted by molar-refractivity contribution is -0.132. The standard InChI is InChI=1S/C24H26N6O2S/c1-16-17(2)26-30(18(16)3)15-22(31)29(14-19-8-5-4-6-9-19)13-12-25-24(32)20-10-7-11-21-23(20)28-33-27-21/h4-11H,12-15H2,1-3H3,(H,25,32). The monoisotopic (exact) mass is 462 g/mol. The van der Waals surface area contributed by atoms with Gasteiger partial charge in [0.1, 0.15) is 17.6 Å². The minimum atomic E-state index is -0.227. The lowest BCUT2D eigenvalue weighted by Crippen LogP contribution is -2.40. The molecule has 9 heteroatoms. The highest BCUT2D eigenvalue weighted by Crippen LogP contribution is 2.16. The molecule has 0 fully saturated rings. The van der Waals surface area contributed by atoms with Crippen molar-refractivity contribution in [3.8, 4) is 0 Å². The highest BCUT2D eigenvalue weighted by molar-refractivity contribution is 7.00. The summed E-state index contributed by atoms with van der Waals surface area (Å²) in [6, 6.07) is 15.2. The lowest BCUT2D eigenvalue weighted by Gasteiger charge is -2.23. The van der Waals surface area contributed by atoms with Crippen LogP contribution >= 0.6 is 11.7 Å². The number of hydrogen-bond acceptors (Lipinski definition) is 6. The van der Waals surface area contributed by atoms with E-state index >= 15 is 0 Å². The minimum absolute atomic E-state index is 0.0514. The molecule has 2 aromatic heterocycles. The zero-order chi connectivity index (χ0) is 23.4. The third-order valence-electron chi connectivity index (χ3n) is 5.80. The van der Waals surface area contributed by atoms with E-state index in [0.717, 1.165) is 34.2 Å². The van der Waals surface area contributed by atoms with Gasteiger partial charge in [-0.15, -0.1) is 0 Å². The van der Waals surface area contributed by atoms with Crippen molar-refractivity contribution in [3.05, 3.63) is 76.6 Å². The van der Waals surface area contributed by atoms with Crippen LogP contribution < -0.4 is 5.32 Å². The molecule has 33 heavy (non-hydrogen) atoms. The molecule has 2 amide bonds. The number of aromatic nitrogens is 4. The second-order valence-electron chi connectivity index (χ2n) is 7.95. The summed E-state index contributed by atoms with van der Waals surface area (Å²) < 4.78 is 10.2. The van der Waals surface area contributed by atoms with Crippen LogP contribution in [-0.4, -0.2) is 48.3 Å². The summed E-state index contributed by atoms with van der Waals surface area (Å²) in [7, 11) is 0. The smallest absolute Gasteiger partial charge is 0.253 e. The van der Waals surface area contributed by atoms with Crippen LogP contribution in [0.25, 0.3) is 11.0 Å². The zero-order valence-electron chi connectivity index (χ0n) is 18.9. The molecule has 0 saturated heterocycles. The van der Waals surface area contributed by atoms with E-state index in [4.69, 9.17) is 0 Å². The van der Waals surface area contributed by atoms with Crippen molar-refractivity contribution in [1.82, 2.24) is 28.7 Å². The molecule has 8 nitrogen and oxygen atoms in total. The van der Waals surface area contributed by atoms with Crippen LogP contribution in [-0.2, 0) is 17.9 Å². The Hall–Kier alpha value is -3.59. The van der Waals surface area contributed by atoms with Gasteiger partial charge in [-0.05, 0) is 44.0 Å². The van der Waals surface area contributed by atoms with Crippen molar-refractivity contribution < 1.29 is 9.59 Å². The molecule has 2 heterocycles. The van der Waals surface area contributed by atoms with E-state index in [2.05, 4.69) is 19.2 Å². The van der Waals surface area contributed by atoms with Crippen molar-refractivity contribution in [2.45, 2.75) is 33.9 Å². The number of rotatable bonds is 8. The number of aryl methyl sites for hydroxylation is 1. The van der Waals surface area contributed by atoms with E-state index in [9.17, 15) is 9.59 Å². The lowest BCUT2D eigenvalue weighted by atomic mass is 10.1. The quantitative estimate of drug-likeness (QED) is 0.434. The first-order valence-corrected chi connectivity index (χ1v) is 11.5. The number of fused-ring (bicyclic) bond motifs is 1. The Morgan fingerprint density at radius 2 is 1.82 bits per heavy atom. The molecule has 170 valence electrons. The fraction of sp³-hybridized carbons (Fsp3) is 0.292. The fourth-order valence-electron chi connectivity index (χ4n) is 3.65. The van der Waals surface area contributed by atoms with Gasteiger partial charge in [-0.25, -0.2) is 0 Å². The van der Waals surface area contributed by atoms with Gasteiger partial charge in [0.25, 0.3) is 5.91 Å². The number of nitrogens with zero attached hydrogens (tertiary/aromatic N) is 5. The van der Waals surface area contributed by atoms with Gasteiger partial charge in [0, 0.05) is 25.3 Å². The van der Waals surface area contributed by atoms with Gasteiger partial charge >= 0.3 is 0 Å². The Labute approximate surface area is 196 Å². The van der Waals surface area contributed by atoms with Gasteiger partial charge in [-0.1, -0.05) is 36.4 Å². The van der Waals surface area contributed by atoms with Crippen LogP contribution in [0.3, 0.4) is 0 Å². The Kier molecular flexibility index (Phi) is 6.79. The second kappa shape index (κ2) is 9.91. The maximum atomic E-state index is 13.2. The number of carbonyl (C=O) groups is 2. The molecule has 0 bridgehead atoms. The number of amides is 2. The van der Waals surface area contributed by atoms with Crippen LogP contribution in [0.15, 0.2) is 48.5 Å². The van der Waals surface area contributed by atoms with Crippen LogP contribution in [0.5, 0.6) is 0 Å². The molecule has 0 atom stereocenters. The van der Waals surface area contributed by atoms with Crippen molar-refractivity contribution in [2.75, 3.05) is 13.1 Å². The third-order valence-corrected chi connectivity index (χ3v) is 6.34.